The summed E-state index contributed by atoms with van der Waals surface area (Å²) in [5.41, 5.74) is 1.30. The minimum atomic E-state index is -0.384. The smallest absolute Gasteiger partial charge is 0.240 e. The summed E-state index contributed by atoms with van der Waals surface area (Å²) in [5.74, 6) is 0.576. The van der Waals surface area contributed by atoms with Gasteiger partial charge in [-0.3, -0.25) is 10.1 Å². The number of hydrogen-bond donors (Lipinski definition) is 2. The third kappa shape index (κ3) is 3.55. The molecule has 2 atom stereocenters. The van der Waals surface area contributed by atoms with E-state index in [4.69, 9.17) is 4.74 Å². The van der Waals surface area contributed by atoms with E-state index < -0.39 is 0 Å². The first-order chi connectivity index (χ1) is 12.2. The fourth-order valence-corrected chi connectivity index (χ4v) is 3.74. The lowest BCUT2D eigenvalue weighted by atomic mass is 9.96. The summed E-state index contributed by atoms with van der Waals surface area (Å²) in [6.07, 6.45) is 2.67. The lowest BCUT2D eigenvalue weighted by Gasteiger charge is -2.22. The average Bonchev–Trinajstić information content (AvgIpc) is 3.22. The van der Waals surface area contributed by atoms with E-state index in [-0.39, 0.29) is 42.3 Å². The minimum absolute atomic E-state index is 0. The maximum absolute atomic E-state index is 13.6. The fourth-order valence-electron chi connectivity index (χ4n) is 3.74. The van der Waals surface area contributed by atoms with E-state index in [0.29, 0.717) is 11.3 Å². The molecule has 2 aromatic carbocycles. The molecule has 2 aliphatic heterocycles. The predicted molar refractivity (Wildman–Crippen MR) is 99.9 cm³/mol. The fraction of sp³-hybridized carbons (Fsp3) is 0.350. The van der Waals surface area contributed by atoms with Crippen LogP contribution in [0.15, 0.2) is 48.5 Å². The van der Waals surface area contributed by atoms with E-state index in [1.807, 2.05) is 24.3 Å². The van der Waals surface area contributed by atoms with Gasteiger partial charge in [0, 0.05) is 18.2 Å². The van der Waals surface area contributed by atoms with Gasteiger partial charge in [0.1, 0.15) is 23.7 Å². The van der Waals surface area contributed by atoms with Gasteiger partial charge in [0.2, 0.25) is 5.91 Å². The van der Waals surface area contributed by atoms with E-state index in [0.717, 1.165) is 31.4 Å². The van der Waals surface area contributed by atoms with Crippen LogP contribution in [0.25, 0.3) is 0 Å². The Bertz CT molecular complexity index is 784. The highest BCUT2D eigenvalue weighted by Gasteiger charge is 2.47. The Labute approximate surface area is 158 Å². The number of carbonyl (C=O) groups is 1. The Kier molecular flexibility index (Phi) is 5.49. The van der Waals surface area contributed by atoms with Crippen LogP contribution in [-0.2, 0) is 11.4 Å². The highest BCUT2D eigenvalue weighted by Crippen LogP contribution is 2.37. The molecule has 2 aliphatic rings. The van der Waals surface area contributed by atoms with Crippen LogP contribution in [0.2, 0.25) is 0 Å². The van der Waals surface area contributed by atoms with Gasteiger partial charge in [0.15, 0.2) is 0 Å². The molecule has 2 fully saturated rings. The Morgan fingerprint density at radius 3 is 2.58 bits per heavy atom. The van der Waals surface area contributed by atoms with Crippen molar-refractivity contribution < 1.29 is 13.9 Å². The Morgan fingerprint density at radius 1 is 1.12 bits per heavy atom. The minimum Gasteiger partial charge on any atom is -0.489 e. The molecule has 2 N–H and O–H groups in total. The molecule has 4 nitrogen and oxygen atoms in total. The van der Waals surface area contributed by atoms with Gasteiger partial charge in [-0.2, -0.15) is 0 Å². The zero-order valence-electron chi connectivity index (χ0n) is 14.3. The molecule has 2 saturated heterocycles. The van der Waals surface area contributed by atoms with Crippen LogP contribution in [-0.4, -0.2) is 18.0 Å². The first kappa shape index (κ1) is 18.7. The Morgan fingerprint density at radius 2 is 1.88 bits per heavy atom. The topological polar surface area (TPSA) is 50.4 Å². The third-order valence-electron chi connectivity index (χ3n) is 5.22. The van der Waals surface area contributed by atoms with Gasteiger partial charge in [-0.25, -0.2) is 4.39 Å². The molecule has 2 aromatic rings. The molecule has 6 heteroatoms. The van der Waals surface area contributed by atoms with Crippen molar-refractivity contribution in [3.05, 3.63) is 65.5 Å². The Balaban J connectivity index is 0.00000196. The van der Waals surface area contributed by atoms with Gasteiger partial charge < -0.3 is 10.1 Å². The second-order valence-corrected chi connectivity index (χ2v) is 6.77. The first-order valence-electron chi connectivity index (χ1n) is 8.68. The SMILES string of the molecule is Cl.O=C1NCC[C@@]12CC[C@@H](c1ccc(OCc3ccccc3F)cc1)N2. The summed E-state index contributed by atoms with van der Waals surface area (Å²) < 4.78 is 19.3. The Hall–Kier alpha value is -2.11. The maximum atomic E-state index is 13.6. The first-order valence-corrected chi connectivity index (χ1v) is 8.68. The molecule has 0 saturated carbocycles. The van der Waals surface area contributed by atoms with Crippen molar-refractivity contribution in [3.8, 4) is 5.75 Å². The number of carbonyl (C=O) groups excluding carboxylic acids is 1. The molecule has 0 aliphatic carbocycles. The molecule has 1 amide bonds. The molecule has 138 valence electrons. The van der Waals surface area contributed by atoms with Crippen LogP contribution in [0.1, 0.15) is 36.4 Å². The zero-order chi connectivity index (χ0) is 17.3. The summed E-state index contributed by atoms with van der Waals surface area (Å²) in [7, 11) is 0. The lowest BCUT2D eigenvalue weighted by Crippen LogP contribution is -2.47. The molecule has 26 heavy (non-hydrogen) atoms. The number of rotatable bonds is 4. The highest BCUT2D eigenvalue weighted by atomic mass is 35.5. The van der Waals surface area contributed by atoms with Gasteiger partial charge in [0.25, 0.3) is 0 Å². The number of nitrogens with one attached hydrogen (secondary N) is 2. The lowest BCUT2D eigenvalue weighted by molar-refractivity contribution is -0.124. The second kappa shape index (κ2) is 7.64. The van der Waals surface area contributed by atoms with Gasteiger partial charge >= 0.3 is 0 Å². The highest BCUT2D eigenvalue weighted by molar-refractivity contribution is 5.88. The predicted octanol–water partition coefficient (Wildman–Crippen LogP) is 3.51. The van der Waals surface area contributed by atoms with Crippen LogP contribution >= 0.6 is 12.4 Å². The zero-order valence-corrected chi connectivity index (χ0v) is 15.2. The van der Waals surface area contributed by atoms with Crippen LogP contribution in [0.3, 0.4) is 0 Å². The number of hydrogen-bond acceptors (Lipinski definition) is 3. The monoisotopic (exact) mass is 376 g/mol. The molecule has 0 aromatic heterocycles. The van der Waals surface area contributed by atoms with Crippen molar-refractivity contribution in [2.45, 2.75) is 37.5 Å². The maximum Gasteiger partial charge on any atom is 0.240 e. The van der Waals surface area contributed by atoms with Gasteiger partial charge in [-0.15, -0.1) is 12.4 Å². The van der Waals surface area contributed by atoms with E-state index in [1.54, 1.807) is 18.2 Å². The van der Waals surface area contributed by atoms with E-state index in [9.17, 15) is 9.18 Å². The van der Waals surface area contributed by atoms with Gasteiger partial charge in [-0.1, -0.05) is 30.3 Å². The normalized spacial score (nSPS) is 24.3. The van der Waals surface area contributed by atoms with Crippen LogP contribution in [0.5, 0.6) is 5.75 Å². The average molecular weight is 377 g/mol. The number of ether oxygens (including phenoxy) is 1. The third-order valence-corrected chi connectivity index (χ3v) is 5.22. The molecular formula is C20H22ClFN2O2. The summed E-state index contributed by atoms with van der Waals surface area (Å²) in [4.78, 5) is 12.1. The van der Waals surface area contributed by atoms with Crippen molar-refractivity contribution in [2.75, 3.05) is 6.54 Å². The summed E-state index contributed by atoms with van der Waals surface area (Å²) in [6.45, 7) is 0.957. The molecule has 0 bridgehead atoms. The van der Waals surface area contributed by atoms with Crippen molar-refractivity contribution in [3.63, 3.8) is 0 Å². The molecule has 0 unspecified atom stereocenters. The van der Waals surface area contributed by atoms with Crippen molar-refractivity contribution in [2.24, 2.45) is 0 Å². The summed E-state index contributed by atoms with van der Waals surface area (Å²) >= 11 is 0. The van der Waals surface area contributed by atoms with Crippen molar-refractivity contribution in [1.82, 2.24) is 10.6 Å². The van der Waals surface area contributed by atoms with Gasteiger partial charge in [0.05, 0.1) is 0 Å². The van der Waals surface area contributed by atoms with Crippen molar-refractivity contribution >= 4 is 18.3 Å². The molecule has 1 spiro atoms. The molecule has 4 rings (SSSR count). The number of amides is 1. The van der Waals surface area contributed by atoms with E-state index in [1.165, 1.54) is 6.07 Å². The van der Waals surface area contributed by atoms with Crippen LogP contribution in [0, 0.1) is 5.82 Å². The number of halogens is 2. The van der Waals surface area contributed by atoms with E-state index >= 15 is 0 Å². The molecule has 0 radical (unpaired) electrons. The van der Waals surface area contributed by atoms with E-state index in [2.05, 4.69) is 10.6 Å². The van der Waals surface area contributed by atoms with Gasteiger partial charge in [-0.05, 0) is 43.0 Å². The van der Waals surface area contributed by atoms with Crippen molar-refractivity contribution in [1.29, 1.82) is 0 Å². The second-order valence-electron chi connectivity index (χ2n) is 6.77. The standard InChI is InChI=1S/C20H21FN2O2.ClH/c21-17-4-2-1-3-15(17)13-25-16-7-5-14(6-8-16)18-9-10-20(23-18)11-12-22-19(20)24;/h1-8,18,23H,9-13H2,(H,22,24);1H/t18-,20-;/m0./s1. The molecule has 2 heterocycles. The van der Waals surface area contributed by atoms with Crippen LogP contribution < -0.4 is 15.4 Å². The van der Waals surface area contributed by atoms with Crippen LogP contribution in [0.4, 0.5) is 4.39 Å². The molecular weight excluding hydrogens is 355 g/mol. The number of benzene rings is 2. The largest absolute Gasteiger partial charge is 0.489 e. The summed E-state index contributed by atoms with van der Waals surface area (Å²) in [5, 5.41) is 6.43. The quantitative estimate of drug-likeness (QED) is 0.858. The summed E-state index contributed by atoms with van der Waals surface area (Å²) in [6, 6.07) is 14.6.